The molecule has 3 heteroatoms. The molecule has 3 atom stereocenters. The van der Waals surface area contributed by atoms with Gasteiger partial charge in [-0.15, -0.1) is 0 Å². The zero-order chi connectivity index (χ0) is 8.55. The van der Waals surface area contributed by atoms with Crippen molar-refractivity contribution in [2.45, 2.75) is 38.1 Å². The van der Waals surface area contributed by atoms with Crippen LogP contribution < -0.4 is 5.32 Å². The molecule has 2 saturated heterocycles. The van der Waals surface area contributed by atoms with Crippen LogP contribution in [0.3, 0.4) is 0 Å². The first-order valence-electron chi connectivity index (χ1n) is 4.89. The fraction of sp³-hybridized carbons (Fsp3) is 1.00. The highest BCUT2D eigenvalue weighted by atomic mass is 16.5. The average Bonchev–Trinajstić information content (AvgIpc) is 2.67. The van der Waals surface area contributed by atoms with Crippen molar-refractivity contribution in [2.24, 2.45) is 0 Å². The van der Waals surface area contributed by atoms with Crippen LogP contribution in [0.5, 0.6) is 0 Å². The molecule has 2 rings (SSSR count). The van der Waals surface area contributed by atoms with Crippen molar-refractivity contribution in [2.75, 3.05) is 20.2 Å². The van der Waals surface area contributed by atoms with Gasteiger partial charge in [0, 0.05) is 12.6 Å². The zero-order valence-corrected chi connectivity index (χ0v) is 7.92. The minimum Gasteiger partial charge on any atom is -0.375 e. The summed E-state index contributed by atoms with van der Waals surface area (Å²) in [5.74, 6) is 0. The Hall–Kier alpha value is -0.120. The molecule has 0 saturated carbocycles. The third kappa shape index (κ3) is 1.26. The molecule has 0 aromatic heterocycles. The Balaban J connectivity index is 1.96. The van der Waals surface area contributed by atoms with Gasteiger partial charge in [0.15, 0.2) is 0 Å². The Morgan fingerprint density at radius 1 is 1.67 bits per heavy atom. The van der Waals surface area contributed by atoms with E-state index in [0.717, 1.165) is 13.2 Å². The van der Waals surface area contributed by atoms with E-state index in [-0.39, 0.29) is 0 Å². The maximum absolute atomic E-state index is 5.55. The quantitative estimate of drug-likeness (QED) is 0.664. The lowest BCUT2D eigenvalue weighted by Crippen LogP contribution is -2.49. The second-order valence-electron chi connectivity index (χ2n) is 3.75. The molecule has 2 heterocycles. The SMILES string of the molecule is CCC(NC)N1CC2CC1CO2. The molecule has 3 unspecified atom stereocenters. The minimum atomic E-state index is 0.525. The summed E-state index contributed by atoms with van der Waals surface area (Å²) < 4.78 is 5.55. The predicted octanol–water partition coefficient (Wildman–Crippen LogP) is 0.415. The maximum Gasteiger partial charge on any atom is 0.0719 e. The van der Waals surface area contributed by atoms with Crippen molar-refractivity contribution in [3.05, 3.63) is 0 Å². The fourth-order valence-corrected chi connectivity index (χ4v) is 2.42. The van der Waals surface area contributed by atoms with Gasteiger partial charge in [-0.2, -0.15) is 0 Å². The molecule has 2 bridgehead atoms. The largest absolute Gasteiger partial charge is 0.375 e. The number of rotatable bonds is 3. The third-order valence-corrected chi connectivity index (χ3v) is 3.06. The van der Waals surface area contributed by atoms with E-state index in [4.69, 9.17) is 4.74 Å². The third-order valence-electron chi connectivity index (χ3n) is 3.06. The molecule has 3 nitrogen and oxygen atoms in total. The highest BCUT2D eigenvalue weighted by Crippen LogP contribution is 2.29. The van der Waals surface area contributed by atoms with E-state index >= 15 is 0 Å². The number of hydrogen-bond donors (Lipinski definition) is 1. The van der Waals surface area contributed by atoms with E-state index in [1.165, 1.54) is 12.8 Å². The molecule has 2 aliphatic rings. The van der Waals surface area contributed by atoms with E-state index < -0.39 is 0 Å². The normalized spacial score (nSPS) is 37.5. The number of likely N-dealkylation sites (tertiary alicyclic amines) is 1. The predicted molar refractivity (Wildman–Crippen MR) is 48.0 cm³/mol. The van der Waals surface area contributed by atoms with E-state index in [9.17, 15) is 0 Å². The summed E-state index contributed by atoms with van der Waals surface area (Å²) >= 11 is 0. The van der Waals surface area contributed by atoms with Gasteiger partial charge in [-0.3, -0.25) is 4.90 Å². The maximum atomic E-state index is 5.55. The van der Waals surface area contributed by atoms with E-state index in [0.29, 0.717) is 18.3 Å². The Labute approximate surface area is 74.1 Å². The van der Waals surface area contributed by atoms with Crippen molar-refractivity contribution in [3.8, 4) is 0 Å². The average molecular weight is 170 g/mol. The van der Waals surface area contributed by atoms with Gasteiger partial charge in [-0.1, -0.05) is 6.92 Å². The molecule has 12 heavy (non-hydrogen) atoms. The fourth-order valence-electron chi connectivity index (χ4n) is 2.42. The first kappa shape index (κ1) is 8.48. The molecule has 0 aliphatic carbocycles. The van der Waals surface area contributed by atoms with Crippen molar-refractivity contribution in [1.82, 2.24) is 10.2 Å². The molecule has 0 aromatic rings. The topological polar surface area (TPSA) is 24.5 Å². The van der Waals surface area contributed by atoms with Gasteiger partial charge in [0.25, 0.3) is 0 Å². The summed E-state index contributed by atoms with van der Waals surface area (Å²) in [6, 6.07) is 0.687. The Bertz CT molecular complexity index is 159. The molecule has 1 N–H and O–H groups in total. The summed E-state index contributed by atoms with van der Waals surface area (Å²) in [6.07, 6.45) is 3.51. The van der Waals surface area contributed by atoms with Gasteiger partial charge in [-0.25, -0.2) is 0 Å². The molecule has 0 aromatic carbocycles. The number of nitrogens with one attached hydrogen (secondary N) is 1. The highest BCUT2D eigenvalue weighted by Gasteiger charge is 2.41. The van der Waals surface area contributed by atoms with Crippen LogP contribution in [-0.4, -0.2) is 43.4 Å². The first-order valence-corrected chi connectivity index (χ1v) is 4.89. The highest BCUT2D eigenvalue weighted by molar-refractivity contribution is 4.93. The van der Waals surface area contributed by atoms with Gasteiger partial charge in [0.1, 0.15) is 0 Å². The molecule has 0 amide bonds. The van der Waals surface area contributed by atoms with Gasteiger partial charge in [0.2, 0.25) is 0 Å². The standard InChI is InChI=1S/C9H18N2O/c1-3-9(10-2)11-5-8-4-7(11)6-12-8/h7-10H,3-6H2,1-2H3. The summed E-state index contributed by atoms with van der Waals surface area (Å²) in [6.45, 7) is 4.31. The van der Waals surface area contributed by atoms with E-state index in [1.54, 1.807) is 0 Å². The number of hydrogen-bond acceptors (Lipinski definition) is 3. The van der Waals surface area contributed by atoms with Gasteiger partial charge < -0.3 is 10.1 Å². The van der Waals surface area contributed by atoms with Crippen LogP contribution in [0.2, 0.25) is 0 Å². The van der Waals surface area contributed by atoms with Crippen LogP contribution in [-0.2, 0) is 4.74 Å². The number of nitrogens with zero attached hydrogens (tertiary/aromatic N) is 1. The lowest BCUT2D eigenvalue weighted by Gasteiger charge is -2.33. The van der Waals surface area contributed by atoms with E-state index in [1.807, 2.05) is 7.05 Å². The van der Waals surface area contributed by atoms with Crippen molar-refractivity contribution in [1.29, 1.82) is 0 Å². The number of ether oxygens (including phenoxy) is 1. The lowest BCUT2D eigenvalue weighted by atomic mass is 10.2. The smallest absolute Gasteiger partial charge is 0.0719 e. The van der Waals surface area contributed by atoms with Gasteiger partial charge >= 0.3 is 0 Å². The second kappa shape index (κ2) is 3.32. The van der Waals surface area contributed by atoms with Crippen LogP contribution in [0.15, 0.2) is 0 Å². The zero-order valence-electron chi connectivity index (χ0n) is 7.92. The van der Waals surface area contributed by atoms with Crippen molar-refractivity contribution < 1.29 is 4.74 Å². The van der Waals surface area contributed by atoms with Crippen LogP contribution in [0, 0.1) is 0 Å². The second-order valence-corrected chi connectivity index (χ2v) is 3.75. The molecule has 2 fully saturated rings. The molecule has 2 aliphatic heterocycles. The Kier molecular flexibility index (Phi) is 2.35. The van der Waals surface area contributed by atoms with Crippen LogP contribution in [0.1, 0.15) is 19.8 Å². The van der Waals surface area contributed by atoms with Crippen LogP contribution in [0.25, 0.3) is 0 Å². The molecule has 0 radical (unpaired) electrons. The Morgan fingerprint density at radius 3 is 2.92 bits per heavy atom. The van der Waals surface area contributed by atoms with Crippen molar-refractivity contribution in [3.63, 3.8) is 0 Å². The number of fused-ring (bicyclic) bond motifs is 2. The molecule has 70 valence electrons. The number of morpholine rings is 1. The monoisotopic (exact) mass is 170 g/mol. The molecule has 0 spiro atoms. The van der Waals surface area contributed by atoms with Crippen LogP contribution >= 0.6 is 0 Å². The van der Waals surface area contributed by atoms with E-state index in [2.05, 4.69) is 17.1 Å². The van der Waals surface area contributed by atoms with Crippen LogP contribution in [0.4, 0.5) is 0 Å². The van der Waals surface area contributed by atoms with Gasteiger partial charge in [0.05, 0.1) is 18.9 Å². The summed E-state index contributed by atoms with van der Waals surface area (Å²) in [5.41, 5.74) is 0. The first-order chi connectivity index (χ1) is 5.85. The summed E-state index contributed by atoms with van der Waals surface area (Å²) in [4.78, 5) is 2.55. The molecular formula is C9H18N2O. The van der Waals surface area contributed by atoms with Crippen molar-refractivity contribution >= 4 is 0 Å². The summed E-state index contributed by atoms with van der Waals surface area (Å²) in [7, 11) is 2.04. The minimum absolute atomic E-state index is 0.525. The lowest BCUT2D eigenvalue weighted by molar-refractivity contribution is 0.00500. The van der Waals surface area contributed by atoms with Gasteiger partial charge in [-0.05, 0) is 19.9 Å². The summed E-state index contributed by atoms with van der Waals surface area (Å²) in [5, 5.41) is 3.35. The Morgan fingerprint density at radius 2 is 2.50 bits per heavy atom. The molecular weight excluding hydrogens is 152 g/mol.